The van der Waals surface area contributed by atoms with Crippen molar-refractivity contribution < 1.29 is 13.6 Å². The van der Waals surface area contributed by atoms with Crippen LogP contribution in [0.3, 0.4) is 0 Å². The van der Waals surface area contributed by atoms with E-state index >= 15 is 0 Å². The molecular formula is C38H46F2N4O. The highest BCUT2D eigenvalue weighted by molar-refractivity contribution is 6.00. The first-order valence-corrected chi connectivity index (χ1v) is 16.9. The minimum atomic E-state index is -0.434. The van der Waals surface area contributed by atoms with Crippen LogP contribution in [0.5, 0.6) is 0 Å². The van der Waals surface area contributed by atoms with Gasteiger partial charge in [-0.2, -0.15) is 0 Å². The molecule has 5 rings (SSSR count). The molecule has 2 heterocycles. The highest BCUT2D eigenvalue weighted by atomic mass is 19.1. The summed E-state index contributed by atoms with van der Waals surface area (Å²) in [6, 6.07) is 19.0. The molecule has 0 saturated carbocycles. The minimum absolute atomic E-state index is 0.0920. The van der Waals surface area contributed by atoms with Gasteiger partial charge in [-0.1, -0.05) is 120 Å². The Hall–Kier alpha value is -3.87. The number of fused-ring (bicyclic) bond motifs is 5. The second-order valence-corrected chi connectivity index (χ2v) is 12.4. The maximum absolute atomic E-state index is 14.8. The predicted octanol–water partition coefficient (Wildman–Crippen LogP) is 10.3. The van der Waals surface area contributed by atoms with Crippen LogP contribution >= 0.6 is 0 Å². The number of carbonyl (C=O) groups is 1. The average molecular weight is 613 g/mol. The number of rotatable bonds is 16. The van der Waals surface area contributed by atoms with Crippen LogP contribution in [0, 0.1) is 11.6 Å². The van der Waals surface area contributed by atoms with Crippen LogP contribution in [0.2, 0.25) is 0 Å². The Kier molecular flexibility index (Phi) is 11.9. The fourth-order valence-electron chi connectivity index (χ4n) is 6.39. The zero-order chi connectivity index (χ0) is 31.4. The molecule has 1 aliphatic rings. The van der Waals surface area contributed by atoms with E-state index in [1.165, 1.54) is 88.5 Å². The van der Waals surface area contributed by atoms with Crippen molar-refractivity contribution in [2.75, 3.05) is 4.90 Å². The third kappa shape index (κ3) is 8.65. The Morgan fingerprint density at radius 1 is 0.733 bits per heavy atom. The van der Waals surface area contributed by atoms with E-state index < -0.39 is 11.6 Å². The van der Waals surface area contributed by atoms with E-state index in [1.807, 2.05) is 30.3 Å². The fraction of sp³-hybridized carbons (Fsp3) is 0.447. The van der Waals surface area contributed by atoms with Crippen molar-refractivity contribution in [1.29, 1.82) is 0 Å². The van der Waals surface area contributed by atoms with Gasteiger partial charge in [0.05, 0.1) is 24.5 Å². The molecule has 0 fully saturated rings. The lowest BCUT2D eigenvalue weighted by Crippen LogP contribution is -2.32. The highest BCUT2D eigenvalue weighted by Gasteiger charge is 2.30. The van der Waals surface area contributed by atoms with E-state index in [0.29, 0.717) is 41.2 Å². The lowest BCUT2D eigenvalue weighted by atomic mass is 9.95. The minimum Gasteiger partial charge on any atom is -0.307 e. The number of carbonyl (C=O) groups excluding carboxylic acids is 1. The highest BCUT2D eigenvalue weighted by Crippen LogP contribution is 2.42. The van der Waals surface area contributed by atoms with Crippen molar-refractivity contribution in [1.82, 2.24) is 15.0 Å². The molecule has 0 radical (unpaired) electrons. The van der Waals surface area contributed by atoms with Gasteiger partial charge in [0.1, 0.15) is 17.3 Å². The van der Waals surface area contributed by atoms with Crippen molar-refractivity contribution in [2.24, 2.45) is 0 Å². The molecule has 0 unspecified atom stereocenters. The smallest absolute Gasteiger partial charge is 0.227 e. The van der Waals surface area contributed by atoms with E-state index in [2.05, 4.69) is 17.2 Å². The molecule has 45 heavy (non-hydrogen) atoms. The number of anilines is 1. The normalized spacial score (nSPS) is 12.3. The lowest BCUT2D eigenvalue weighted by Gasteiger charge is -2.29. The van der Waals surface area contributed by atoms with Crippen LogP contribution in [-0.2, 0) is 17.9 Å². The third-order valence-corrected chi connectivity index (χ3v) is 8.86. The Bertz CT molecular complexity index is 1530. The molecule has 0 saturated heterocycles. The first-order chi connectivity index (χ1) is 22.0. The SMILES string of the molecule is CCCCCCCCCCCCCCCC(=O)N1Cc2cc(F)ccc2-c2nnn(Cc3ccccc3)c2-c2ccc(F)cc21. The molecule has 0 aliphatic carbocycles. The van der Waals surface area contributed by atoms with Crippen LogP contribution < -0.4 is 4.90 Å². The Balaban J connectivity index is 1.28. The van der Waals surface area contributed by atoms with Gasteiger partial charge in [-0.3, -0.25) is 4.79 Å². The number of aromatic nitrogens is 3. The molecule has 5 nitrogen and oxygen atoms in total. The number of halogens is 2. The molecule has 238 valence electrons. The molecule has 0 N–H and O–H groups in total. The zero-order valence-electron chi connectivity index (χ0n) is 26.6. The van der Waals surface area contributed by atoms with Gasteiger partial charge in [-0.05, 0) is 53.9 Å². The second kappa shape index (κ2) is 16.4. The van der Waals surface area contributed by atoms with Crippen LogP contribution in [0.4, 0.5) is 14.5 Å². The van der Waals surface area contributed by atoms with E-state index in [4.69, 9.17) is 0 Å². The molecule has 0 bridgehead atoms. The van der Waals surface area contributed by atoms with E-state index in [0.717, 1.165) is 30.4 Å². The number of benzene rings is 3. The number of nitrogens with zero attached hydrogens (tertiary/aromatic N) is 4. The molecule has 1 aliphatic heterocycles. The molecular weight excluding hydrogens is 566 g/mol. The molecule has 1 aromatic heterocycles. The number of hydrogen-bond donors (Lipinski definition) is 0. The number of hydrogen-bond acceptors (Lipinski definition) is 3. The summed E-state index contributed by atoms with van der Waals surface area (Å²) in [4.78, 5) is 15.5. The summed E-state index contributed by atoms with van der Waals surface area (Å²) in [6.45, 7) is 2.83. The Morgan fingerprint density at radius 3 is 2.00 bits per heavy atom. The van der Waals surface area contributed by atoms with Crippen molar-refractivity contribution in [3.63, 3.8) is 0 Å². The monoisotopic (exact) mass is 612 g/mol. The van der Waals surface area contributed by atoms with Crippen LogP contribution in [-0.4, -0.2) is 20.9 Å². The molecule has 0 atom stereocenters. The summed E-state index contributed by atoms with van der Waals surface area (Å²) in [5, 5.41) is 9.01. The first kappa shape index (κ1) is 32.5. The summed E-state index contributed by atoms with van der Waals surface area (Å²) in [7, 11) is 0. The molecule has 1 amide bonds. The molecule has 3 aromatic carbocycles. The van der Waals surface area contributed by atoms with Gasteiger partial charge < -0.3 is 4.90 Å². The van der Waals surface area contributed by atoms with Gasteiger partial charge in [0, 0.05) is 17.5 Å². The van der Waals surface area contributed by atoms with Crippen molar-refractivity contribution in [2.45, 2.75) is 110 Å². The van der Waals surface area contributed by atoms with E-state index in [-0.39, 0.29) is 12.5 Å². The van der Waals surface area contributed by atoms with E-state index in [1.54, 1.807) is 21.7 Å². The summed E-state index contributed by atoms with van der Waals surface area (Å²) in [5.41, 5.74) is 4.79. The van der Waals surface area contributed by atoms with Gasteiger partial charge in [-0.15, -0.1) is 5.10 Å². The number of unbranched alkanes of at least 4 members (excludes halogenated alkanes) is 12. The predicted molar refractivity (Wildman–Crippen MR) is 178 cm³/mol. The maximum atomic E-state index is 14.8. The summed E-state index contributed by atoms with van der Waals surface area (Å²) in [5.74, 6) is -0.919. The van der Waals surface area contributed by atoms with Crippen LogP contribution in [0.25, 0.3) is 22.5 Å². The average Bonchev–Trinajstić information content (AvgIpc) is 3.44. The first-order valence-electron chi connectivity index (χ1n) is 16.9. The molecule has 0 spiro atoms. The zero-order valence-corrected chi connectivity index (χ0v) is 26.6. The quantitative estimate of drug-likeness (QED) is 0.118. The summed E-state index contributed by atoms with van der Waals surface area (Å²) < 4.78 is 31.2. The maximum Gasteiger partial charge on any atom is 0.227 e. The van der Waals surface area contributed by atoms with Crippen molar-refractivity contribution in [3.05, 3.63) is 89.5 Å². The van der Waals surface area contributed by atoms with Gasteiger partial charge in [-0.25, -0.2) is 13.5 Å². The summed E-state index contributed by atoms with van der Waals surface area (Å²) in [6.07, 6.45) is 16.3. The molecule has 4 aromatic rings. The Labute approximate surface area is 266 Å². The number of amides is 1. The van der Waals surface area contributed by atoms with Gasteiger partial charge in [0.15, 0.2) is 0 Å². The lowest BCUT2D eigenvalue weighted by molar-refractivity contribution is -0.118. The molecule has 7 heteroatoms. The van der Waals surface area contributed by atoms with Gasteiger partial charge in [0.25, 0.3) is 0 Å². The standard InChI is InChI=1S/C38H46F2N4O/c1-2-3-4-5-6-7-8-9-10-11-12-13-17-20-36(45)43-28-30-25-31(39)21-23-33(30)37-38(34-24-22-32(40)26-35(34)43)44(42-41-37)27-29-18-15-14-16-19-29/h14-16,18-19,21-26H,2-13,17,20,27-28H2,1H3. The fourth-order valence-corrected chi connectivity index (χ4v) is 6.39. The van der Waals surface area contributed by atoms with Crippen LogP contribution in [0.15, 0.2) is 66.7 Å². The van der Waals surface area contributed by atoms with Gasteiger partial charge in [0.2, 0.25) is 5.91 Å². The summed E-state index contributed by atoms with van der Waals surface area (Å²) >= 11 is 0. The van der Waals surface area contributed by atoms with Gasteiger partial charge >= 0.3 is 0 Å². The largest absolute Gasteiger partial charge is 0.307 e. The topological polar surface area (TPSA) is 51.0 Å². The van der Waals surface area contributed by atoms with Crippen molar-refractivity contribution in [3.8, 4) is 22.5 Å². The Morgan fingerprint density at radius 2 is 1.33 bits per heavy atom. The van der Waals surface area contributed by atoms with E-state index in [9.17, 15) is 13.6 Å². The van der Waals surface area contributed by atoms with Crippen LogP contribution in [0.1, 0.15) is 108 Å². The van der Waals surface area contributed by atoms with Crippen molar-refractivity contribution >= 4 is 11.6 Å². The second-order valence-electron chi connectivity index (χ2n) is 12.4. The third-order valence-electron chi connectivity index (χ3n) is 8.86.